The van der Waals surface area contributed by atoms with E-state index < -0.39 is 5.82 Å². The predicted molar refractivity (Wildman–Crippen MR) is 120 cm³/mol. The SMILES string of the molecule is CNC(=O)c1ccc(-c2cnn3ccc(C(=O)N(c4ccc(F)cn4)C(C)C)cc23)cc1. The van der Waals surface area contributed by atoms with Crippen LogP contribution in [0.25, 0.3) is 16.6 Å². The first-order valence-corrected chi connectivity index (χ1v) is 10.1. The van der Waals surface area contributed by atoms with Crippen molar-refractivity contribution in [3.05, 3.63) is 84.1 Å². The fraction of sp³-hybridized carbons (Fsp3) is 0.167. The van der Waals surface area contributed by atoms with Crippen molar-refractivity contribution in [3.63, 3.8) is 0 Å². The molecule has 0 unspecified atom stereocenters. The quantitative estimate of drug-likeness (QED) is 0.519. The summed E-state index contributed by atoms with van der Waals surface area (Å²) in [6.45, 7) is 3.75. The first-order chi connectivity index (χ1) is 15.4. The molecule has 1 N–H and O–H groups in total. The van der Waals surface area contributed by atoms with Crippen molar-refractivity contribution in [2.75, 3.05) is 11.9 Å². The van der Waals surface area contributed by atoms with Crippen LogP contribution in [0.3, 0.4) is 0 Å². The van der Waals surface area contributed by atoms with Crippen molar-refractivity contribution in [1.29, 1.82) is 0 Å². The summed E-state index contributed by atoms with van der Waals surface area (Å²) in [5, 5.41) is 6.97. The lowest BCUT2D eigenvalue weighted by Gasteiger charge is -2.25. The topological polar surface area (TPSA) is 79.6 Å². The summed E-state index contributed by atoms with van der Waals surface area (Å²) in [5.74, 6) is -0.487. The van der Waals surface area contributed by atoms with Crippen LogP contribution in [0, 0.1) is 5.82 Å². The number of amides is 2. The predicted octanol–water partition coefficient (Wildman–Crippen LogP) is 3.95. The van der Waals surface area contributed by atoms with E-state index in [0.29, 0.717) is 16.9 Å². The number of pyridine rings is 2. The fourth-order valence-electron chi connectivity index (χ4n) is 3.53. The Morgan fingerprint density at radius 1 is 1.03 bits per heavy atom. The van der Waals surface area contributed by atoms with E-state index in [-0.39, 0.29) is 17.9 Å². The van der Waals surface area contributed by atoms with Crippen molar-refractivity contribution < 1.29 is 14.0 Å². The van der Waals surface area contributed by atoms with Gasteiger partial charge in [-0.1, -0.05) is 12.1 Å². The number of nitrogens with zero attached hydrogens (tertiary/aromatic N) is 4. The second kappa shape index (κ2) is 8.58. The molecule has 0 bridgehead atoms. The zero-order chi connectivity index (χ0) is 22.8. The van der Waals surface area contributed by atoms with Crippen LogP contribution in [0.1, 0.15) is 34.6 Å². The van der Waals surface area contributed by atoms with Crippen LogP contribution in [-0.2, 0) is 0 Å². The molecule has 2 amide bonds. The molecule has 0 saturated carbocycles. The summed E-state index contributed by atoms with van der Waals surface area (Å²) in [6.07, 6.45) is 4.54. The van der Waals surface area contributed by atoms with Gasteiger partial charge in [0.2, 0.25) is 0 Å². The zero-order valence-corrected chi connectivity index (χ0v) is 17.9. The summed E-state index contributed by atoms with van der Waals surface area (Å²) in [4.78, 5) is 30.8. The van der Waals surface area contributed by atoms with Crippen LogP contribution < -0.4 is 10.2 Å². The van der Waals surface area contributed by atoms with Gasteiger partial charge in [0.15, 0.2) is 0 Å². The number of hydrogen-bond donors (Lipinski definition) is 1. The maximum absolute atomic E-state index is 13.4. The fourth-order valence-corrected chi connectivity index (χ4v) is 3.53. The van der Waals surface area contributed by atoms with Crippen molar-refractivity contribution in [2.24, 2.45) is 0 Å². The van der Waals surface area contributed by atoms with Gasteiger partial charge in [0.05, 0.1) is 17.9 Å². The Morgan fingerprint density at radius 2 is 1.78 bits per heavy atom. The van der Waals surface area contributed by atoms with Crippen molar-refractivity contribution in [2.45, 2.75) is 19.9 Å². The molecule has 0 aliphatic rings. The van der Waals surface area contributed by atoms with Gasteiger partial charge in [-0.25, -0.2) is 13.9 Å². The first kappa shape index (κ1) is 21.2. The third kappa shape index (κ3) is 3.94. The Morgan fingerprint density at radius 3 is 2.41 bits per heavy atom. The molecule has 4 aromatic rings. The first-order valence-electron chi connectivity index (χ1n) is 10.1. The summed E-state index contributed by atoms with van der Waals surface area (Å²) in [7, 11) is 1.59. The minimum atomic E-state index is -0.460. The number of carbonyl (C=O) groups excluding carboxylic acids is 2. The summed E-state index contributed by atoms with van der Waals surface area (Å²) >= 11 is 0. The summed E-state index contributed by atoms with van der Waals surface area (Å²) in [5.41, 5.74) is 3.47. The Balaban J connectivity index is 1.72. The van der Waals surface area contributed by atoms with Crippen LogP contribution in [0.4, 0.5) is 10.2 Å². The Labute approximate surface area is 184 Å². The number of anilines is 1. The Hall–Kier alpha value is -4.07. The number of rotatable bonds is 5. The molecule has 0 radical (unpaired) electrons. The van der Waals surface area contributed by atoms with Gasteiger partial charge in [-0.05, 0) is 55.8 Å². The number of fused-ring (bicyclic) bond motifs is 1. The van der Waals surface area contributed by atoms with Gasteiger partial charge in [0.1, 0.15) is 11.6 Å². The smallest absolute Gasteiger partial charge is 0.259 e. The van der Waals surface area contributed by atoms with E-state index in [2.05, 4.69) is 15.4 Å². The second-order valence-corrected chi connectivity index (χ2v) is 7.56. The molecule has 0 spiro atoms. The van der Waals surface area contributed by atoms with Crippen molar-refractivity contribution in [1.82, 2.24) is 19.9 Å². The lowest BCUT2D eigenvalue weighted by Crippen LogP contribution is -2.37. The molecule has 7 nitrogen and oxygen atoms in total. The highest BCUT2D eigenvalue weighted by Gasteiger charge is 2.23. The van der Waals surface area contributed by atoms with Crippen molar-refractivity contribution >= 4 is 23.1 Å². The van der Waals surface area contributed by atoms with Gasteiger partial charge in [-0.3, -0.25) is 14.5 Å². The molecule has 3 aromatic heterocycles. The number of carbonyl (C=O) groups is 2. The molecule has 1 aromatic carbocycles. The van der Waals surface area contributed by atoms with Crippen LogP contribution in [0.2, 0.25) is 0 Å². The Kier molecular flexibility index (Phi) is 5.68. The van der Waals surface area contributed by atoms with E-state index in [0.717, 1.165) is 22.8 Å². The van der Waals surface area contributed by atoms with E-state index in [1.165, 1.54) is 17.0 Å². The van der Waals surface area contributed by atoms with E-state index in [1.54, 1.807) is 48.2 Å². The zero-order valence-electron chi connectivity index (χ0n) is 17.9. The molecule has 0 fully saturated rings. The number of nitrogens with one attached hydrogen (secondary N) is 1. The molecule has 3 heterocycles. The van der Waals surface area contributed by atoms with E-state index >= 15 is 0 Å². The maximum atomic E-state index is 13.4. The summed E-state index contributed by atoms with van der Waals surface area (Å²) in [6, 6.07) is 13.2. The lowest BCUT2D eigenvalue weighted by atomic mass is 10.0. The third-order valence-electron chi connectivity index (χ3n) is 5.15. The largest absolute Gasteiger partial charge is 0.355 e. The number of hydrogen-bond acceptors (Lipinski definition) is 4. The molecule has 8 heteroatoms. The van der Waals surface area contributed by atoms with Gasteiger partial charge < -0.3 is 5.32 Å². The molecule has 4 rings (SSSR count). The monoisotopic (exact) mass is 431 g/mol. The highest BCUT2D eigenvalue weighted by molar-refractivity contribution is 6.07. The van der Waals surface area contributed by atoms with E-state index in [4.69, 9.17) is 0 Å². The van der Waals surface area contributed by atoms with Gasteiger partial charge in [0.25, 0.3) is 11.8 Å². The minimum Gasteiger partial charge on any atom is -0.355 e. The molecular formula is C24H22FN5O2. The van der Waals surface area contributed by atoms with Gasteiger partial charge in [-0.2, -0.15) is 5.10 Å². The molecule has 0 aliphatic carbocycles. The third-order valence-corrected chi connectivity index (χ3v) is 5.15. The average Bonchev–Trinajstić information content (AvgIpc) is 3.23. The molecule has 162 valence electrons. The Bertz CT molecular complexity index is 1280. The highest BCUT2D eigenvalue weighted by atomic mass is 19.1. The summed E-state index contributed by atoms with van der Waals surface area (Å²) < 4.78 is 15.0. The van der Waals surface area contributed by atoms with Gasteiger partial charge in [-0.15, -0.1) is 0 Å². The molecular weight excluding hydrogens is 409 g/mol. The maximum Gasteiger partial charge on any atom is 0.259 e. The van der Waals surface area contributed by atoms with Crippen LogP contribution in [0.15, 0.2) is 67.1 Å². The standard InChI is InChI=1S/C24H22FN5O2/c1-15(2)30(22-9-8-19(25)13-27-22)24(32)18-10-11-29-21(12-18)20(14-28-29)16-4-6-17(7-5-16)23(31)26-3/h4-15H,1-3H3,(H,26,31). The average molecular weight is 431 g/mol. The van der Waals surface area contributed by atoms with Crippen LogP contribution >= 0.6 is 0 Å². The van der Waals surface area contributed by atoms with E-state index in [1.807, 2.05) is 26.0 Å². The molecule has 0 atom stereocenters. The van der Waals surface area contributed by atoms with Crippen molar-refractivity contribution in [3.8, 4) is 11.1 Å². The van der Waals surface area contributed by atoms with Crippen LogP contribution in [0.5, 0.6) is 0 Å². The number of aromatic nitrogens is 3. The lowest BCUT2D eigenvalue weighted by molar-refractivity contribution is 0.0959. The molecule has 0 saturated heterocycles. The number of halogens is 1. The minimum absolute atomic E-state index is 0.160. The number of benzene rings is 1. The second-order valence-electron chi connectivity index (χ2n) is 7.56. The van der Waals surface area contributed by atoms with E-state index in [9.17, 15) is 14.0 Å². The van der Waals surface area contributed by atoms with Gasteiger partial charge in [0, 0.05) is 36.0 Å². The highest BCUT2D eigenvalue weighted by Crippen LogP contribution is 2.27. The molecule has 0 aliphatic heterocycles. The molecule has 32 heavy (non-hydrogen) atoms. The van der Waals surface area contributed by atoms with Gasteiger partial charge >= 0.3 is 0 Å². The van der Waals surface area contributed by atoms with Crippen LogP contribution in [-0.4, -0.2) is 39.5 Å². The normalized spacial score (nSPS) is 11.0.